The van der Waals surface area contributed by atoms with Crippen LogP contribution in [-0.4, -0.2) is 39.3 Å². The van der Waals surface area contributed by atoms with E-state index in [0.717, 1.165) is 0 Å². The second kappa shape index (κ2) is 8.27. The molecule has 0 aliphatic rings. The van der Waals surface area contributed by atoms with Crippen molar-refractivity contribution >= 4 is 5.91 Å². The maximum Gasteiger partial charge on any atom is 0.236 e. The van der Waals surface area contributed by atoms with Gasteiger partial charge in [-0.1, -0.05) is 0 Å². The van der Waals surface area contributed by atoms with Gasteiger partial charge in [0.15, 0.2) is 0 Å². The fourth-order valence-electron chi connectivity index (χ4n) is 1.50. The number of methoxy groups -OCH3 is 2. The van der Waals surface area contributed by atoms with Gasteiger partial charge in [-0.3, -0.25) is 4.79 Å². The van der Waals surface area contributed by atoms with Gasteiger partial charge in [0.25, 0.3) is 0 Å². The van der Waals surface area contributed by atoms with Crippen molar-refractivity contribution < 1.29 is 19.0 Å². The Balaban J connectivity index is 2.36. The summed E-state index contributed by atoms with van der Waals surface area (Å²) in [7, 11) is 3.17. The summed E-state index contributed by atoms with van der Waals surface area (Å²) in [6.45, 7) is 2.66. The SMILES string of the molecule is COc1cc(OC)cc(OCCCNC(=O)[C@H](C)N)c1. The number of rotatable bonds is 8. The Labute approximate surface area is 119 Å². The van der Waals surface area contributed by atoms with Gasteiger partial charge in [0.05, 0.1) is 26.9 Å². The summed E-state index contributed by atoms with van der Waals surface area (Å²) in [4.78, 5) is 11.2. The van der Waals surface area contributed by atoms with Crippen LogP contribution in [0.5, 0.6) is 17.2 Å². The van der Waals surface area contributed by atoms with Gasteiger partial charge in [-0.25, -0.2) is 0 Å². The molecule has 0 fully saturated rings. The number of carbonyl (C=O) groups is 1. The van der Waals surface area contributed by atoms with Gasteiger partial charge < -0.3 is 25.3 Å². The minimum Gasteiger partial charge on any atom is -0.496 e. The van der Waals surface area contributed by atoms with E-state index < -0.39 is 6.04 Å². The Hall–Kier alpha value is -1.95. The monoisotopic (exact) mass is 282 g/mol. The van der Waals surface area contributed by atoms with Gasteiger partial charge in [0.2, 0.25) is 5.91 Å². The highest BCUT2D eigenvalue weighted by Gasteiger charge is 2.06. The smallest absolute Gasteiger partial charge is 0.236 e. The minimum atomic E-state index is -0.487. The van der Waals surface area contributed by atoms with E-state index in [0.29, 0.717) is 36.8 Å². The lowest BCUT2D eigenvalue weighted by molar-refractivity contribution is -0.121. The van der Waals surface area contributed by atoms with Gasteiger partial charge >= 0.3 is 0 Å². The molecule has 20 heavy (non-hydrogen) atoms. The predicted molar refractivity (Wildman–Crippen MR) is 76.3 cm³/mol. The summed E-state index contributed by atoms with van der Waals surface area (Å²) < 4.78 is 15.9. The molecule has 0 saturated carbocycles. The first kappa shape index (κ1) is 16.1. The predicted octanol–water partition coefficient (Wildman–Crippen LogP) is 0.936. The van der Waals surface area contributed by atoms with Crippen LogP contribution in [0.1, 0.15) is 13.3 Å². The number of nitrogens with one attached hydrogen (secondary N) is 1. The first-order valence-corrected chi connectivity index (χ1v) is 6.46. The molecule has 0 radical (unpaired) electrons. The lowest BCUT2D eigenvalue weighted by Gasteiger charge is -2.11. The molecule has 0 aliphatic heterocycles. The summed E-state index contributed by atoms with van der Waals surface area (Å²) in [5.74, 6) is 1.85. The van der Waals surface area contributed by atoms with Crippen molar-refractivity contribution in [3.05, 3.63) is 18.2 Å². The number of amides is 1. The lowest BCUT2D eigenvalue weighted by Crippen LogP contribution is -2.38. The summed E-state index contributed by atoms with van der Waals surface area (Å²) >= 11 is 0. The maximum atomic E-state index is 11.2. The van der Waals surface area contributed by atoms with Crippen molar-refractivity contribution in [3.63, 3.8) is 0 Å². The number of benzene rings is 1. The molecule has 1 aromatic carbocycles. The third-order valence-corrected chi connectivity index (χ3v) is 2.63. The normalized spacial score (nSPS) is 11.6. The zero-order valence-electron chi connectivity index (χ0n) is 12.1. The zero-order chi connectivity index (χ0) is 15.0. The van der Waals surface area contributed by atoms with E-state index in [1.54, 1.807) is 39.3 Å². The van der Waals surface area contributed by atoms with Crippen LogP contribution >= 0.6 is 0 Å². The van der Waals surface area contributed by atoms with Crippen molar-refractivity contribution in [1.82, 2.24) is 5.32 Å². The van der Waals surface area contributed by atoms with Crippen molar-refractivity contribution in [2.75, 3.05) is 27.4 Å². The van der Waals surface area contributed by atoms with E-state index in [2.05, 4.69) is 5.32 Å². The average molecular weight is 282 g/mol. The van der Waals surface area contributed by atoms with Gasteiger partial charge in [0.1, 0.15) is 17.2 Å². The highest BCUT2D eigenvalue weighted by molar-refractivity contribution is 5.80. The third-order valence-electron chi connectivity index (χ3n) is 2.63. The van der Waals surface area contributed by atoms with Crippen LogP contribution in [0, 0.1) is 0 Å². The van der Waals surface area contributed by atoms with E-state index in [4.69, 9.17) is 19.9 Å². The lowest BCUT2D eigenvalue weighted by atomic mass is 10.3. The minimum absolute atomic E-state index is 0.159. The molecule has 1 atom stereocenters. The van der Waals surface area contributed by atoms with Crippen LogP contribution in [0.2, 0.25) is 0 Å². The summed E-state index contributed by atoms with van der Waals surface area (Å²) in [5, 5.41) is 2.72. The second-order valence-corrected chi connectivity index (χ2v) is 4.33. The number of hydrogen-bond acceptors (Lipinski definition) is 5. The fourth-order valence-corrected chi connectivity index (χ4v) is 1.50. The first-order valence-electron chi connectivity index (χ1n) is 6.46. The second-order valence-electron chi connectivity index (χ2n) is 4.33. The van der Waals surface area contributed by atoms with Crippen molar-refractivity contribution in [3.8, 4) is 17.2 Å². The Bertz CT molecular complexity index is 413. The summed E-state index contributed by atoms with van der Waals surface area (Å²) in [5.41, 5.74) is 5.43. The topological polar surface area (TPSA) is 82.8 Å². The van der Waals surface area contributed by atoms with Gasteiger partial charge in [0, 0.05) is 24.7 Å². The van der Waals surface area contributed by atoms with Crippen molar-refractivity contribution in [2.24, 2.45) is 5.73 Å². The zero-order valence-corrected chi connectivity index (χ0v) is 12.1. The average Bonchev–Trinajstić information content (AvgIpc) is 2.46. The Morgan fingerprint density at radius 1 is 1.20 bits per heavy atom. The highest BCUT2D eigenvalue weighted by atomic mass is 16.5. The third kappa shape index (κ3) is 5.36. The van der Waals surface area contributed by atoms with Gasteiger partial charge in [-0.15, -0.1) is 0 Å². The molecule has 0 heterocycles. The van der Waals surface area contributed by atoms with E-state index in [1.165, 1.54) is 0 Å². The molecule has 6 nitrogen and oxygen atoms in total. The quantitative estimate of drug-likeness (QED) is 0.693. The van der Waals surface area contributed by atoms with Gasteiger partial charge in [-0.2, -0.15) is 0 Å². The Morgan fingerprint density at radius 2 is 1.75 bits per heavy atom. The van der Waals surface area contributed by atoms with Crippen LogP contribution in [0.3, 0.4) is 0 Å². The summed E-state index contributed by atoms with van der Waals surface area (Å²) in [6, 6.07) is 4.85. The van der Waals surface area contributed by atoms with Crippen LogP contribution in [0.4, 0.5) is 0 Å². The van der Waals surface area contributed by atoms with E-state index in [-0.39, 0.29) is 5.91 Å². The molecule has 3 N–H and O–H groups in total. The number of ether oxygens (including phenoxy) is 3. The molecule has 1 aromatic rings. The van der Waals surface area contributed by atoms with E-state index >= 15 is 0 Å². The number of hydrogen-bond donors (Lipinski definition) is 2. The molecular weight excluding hydrogens is 260 g/mol. The Morgan fingerprint density at radius 3 is 2.25 bits per heavy atom. The molecule has 0 unspecified atom stereocenters. The van der Waals surface area contributed by atoms with Crippen LogP contribution in [-0.2, 0) is 4.79 Å². The molecule has 0 spiro atoms. The maximum absolute atomic E-state index is 11.2. The molecule has 0 aliphatic carbocycles. The Kier molecular flexibility index (Phi) is 6.66. The highest BCUT2D eigenvalue weighted by Crippen LogP contribution is 2.27. The van der Waals surface area contributed by atoms with Crippen molar-refractivity contribution in [2.45, 2.75) is 19.4 Å². The van der Waals surface area contributed by atoms with E-state index in [1.807, 2.05) is 0 Å². The van der Waals surface area contributed by atoms with Crippen molar-refractivity contribution in [1.29, 1.82) is 0 Å². The van der Waals surface area contributed by atoms with Crippen LogP contribution in [0.25, 0.3) is 0 Å². The molecule has 1 amide bonds. The standard InChI is InChI=1S/C14H22N2O4/c1-10(15)14(17)16-5-4-6-20-13-8-11(18-2)7-12(9-13)19-3/h7-10H,4-6,15H2,1-3H3,(H,16,17)/t10-/m0/s1. The molecular formula is C14H22N2O4. The van der Waals surface area contributed by atoms with Gasteiger partial charge in [-0.05, 0) is 13.3 Å². The molecule has 0 saturated heterocycles. The van der Waals surface area contributed by atoms with Crippen LogP contribution < -0.4 is 25.3 Å². The largest absolute Gasteiger partial charge is 0.496 e. The number of carbonyl (C=O) groups excluding carboxylic acids is 1. The van der Waals surface area contributed by atoms with E-state index in [9.17, 15) is 4.79 Å². The molecule has 0 aromatic heterocycles. The molecule has 6 heteroatoms. The fraction of sp³-hybridized carbons (Fsp3) is 0.500. The molecule has 0 bridgehead atoms. The number of nitrogens with two attached hydrogens (primary N) is 1. The molecule has 112 valence electrons. The first-order chi connectivity index (χ1) is 9.56. The summed E-state index contributed by atoms with van der Waals surface area (Å²) in [6.07, 6.45) is 0.692. The molecule has 1 rings (SSSR count). The van der Waals surface area contributed by atoms with Crippen LogP contribution in [0.15, 0.2) is 18.2 Å².